The number of hydrogen-bond acceptors (Lipinski definition) is 2. The maximum absolute atomic E-state index is 10.4. The molecule has 1 aromatic rings. The first kappa shape index (κ1) is 21.9. The van der Waals surface area contributed by atoms with Gasteiger partial charge in [-0.2, -0.15) is 0 Å². The average Bonchev–Trinajstić information content (AvgIpc) is 2.79. The van der Waals surface area contributed by atoms with Gasteiger partial charge in [-0.05, 0) is 12.8 Å². The Balaban J connectivity index is 0. The molecule has 4 N–H and O–H groups in total. The quantitative estimate of drug-likeness (QED) is 0.424. The molecule has 0 spiro atoms. The molecule has 0 aliphatic carbocycles. The topological polar surface area (TPSA) is 112 Å². The number of hydrogen-bond donors (Lipinski definition) is 0. The van der Waals surface area contributed by atoms with Crippen molar-refractivity contribution in [2.24, 2.45) is 0 Å². The van der Waals surface area contributed by atoms with Gasteiger partial charge in [0.2, 0.25) is 6.33 Å². The number of carbonyl (C=O) groups is 1. The predicted molar refractivity (Wildman–Crippen MR) is 79.5 cm³/mol. The minimum absolute atomic E-state index is 0. The fourth-order valence-corrected chi connectivity index (χ4v) is 2.24. The molecular weight excluding hydrogens is 272 g/mol. The van der Waals surface area contributed by atoms with Crippen molar-refractivity contribution >= 4 is 5.97 Å². The Morgan fingerprint density at radius 2 is 1.62 bits per heavy atom. The molecule has 0 atom stereocenters. The third kappa shape index (κ3) is 11.0. The number of carboxylic acid groups (broad SMARTS) is 1. The molecule has 6 nitrogen and oxygen atoms in total. The van der Waals surface area contributed by atoms with E-state index < -0.39 is 5.97 Å². The van der Waals surface area contributed by atoms with Gasteiger partial charge >= 0.3 is 0 Å². The zero-order valence-corrected chi connectivity index (χ0v) is 13.0. The van der Waals surface area contributed by atoms with Gasteiger partial charge < -0.3 is 20.9 Å². The molecule has 0 aliphatic heterocycles. The van der Waals surface area contributed by atoms with E-state index in [0.29, 0.717) is 0 Å². The number of carboxylic acids is 1. The van der Waals surface area contributed by atoms with Crippen LogP contribution < -0.4 is 9.67 Å². The van der Waals surface area contributed by atoms with Gasteiger partial charge in [0.1, 0.15) is 18.9 Å². The highest BCUT2D eigenvalue weighted by molar-refractivity contribution is 5.62. The van der Waals surface area contributed by atoms with Crippen molar-refractivity contribution in [2.75, 3.05) is 0 Å². The van der Waals surface area contributed by atoms with Gasteiger partial charge in [0.25, 0.3) is 0 Å². The van der Waals surface area contributed by atoms with Crippen LogP contribution in [-0.2, 0) is 17.9 Å². The molecule has 21 heavy (non-hydrogen) atoms. The van der Waals surface area contributed by atoms with E-state index in [1.165, 1.54) is 44.9 Å². The van der Waals surface area contributed by atoms with Crippen LogP contribution in [0.15, 0.2) is 18.7 Å². The van der Waals surface area contributed by atoms with Crippen molar-refractivity contribution in [1.29, 1.82) is 0 Å². The SMILES string of the molecule is CCCCCCCCCCn1cc[n+](CC(=O)[O-])c1.O.O. The van der Waals surface area contributed by atoms with E-state index in [1.54, 1.807) is 10.8 Å². The zero-order chi connectivity index (χ0) is 13.9. The van der Waals surface area contributed by atoms with Crippen LogP contribution in [0.1, 0.15) is 58.3 Å². The van der Waals surface area contributed by atoms with Gasteiger partial charge in [0, 0.05) is 0 Å². The molecule has 0 bridgehead atoms. The summed E-state index contributed by atoms with van der Waals surface area (Å²) < 4.78 is 3.68. The van der Waals surface area contributed by atoms with Crippen molar-refractivity contribution < 1.29 is 25.4 Å². The molecule has 1 aromatic heterocycles. The first-order chi connectivity index (χ1) is 9.22. The fraction of sp³-hybridized carbons (Fsp3) is 0.733. The second-order valence-corrected chi connectivity index (χ2v) is 5.17. The molecule has 0 aromatic carbocycles. The molecule has 0 amide bonds. The summed E-state index contributed by atoms with van der Waals surface area (Å²) in [6, 6.07) is 0. The summed E-state index contributed by atoms with van der Waals surface area (Å²) in [6.07, 6.45) is 16.0. The lowest BCUT2D eigenvalue weighted by molar-refractivity contribution is -0.690. The highest BCUT2D eigenvalue weighted by atomic mass is 16.4. The van der Waals surface area contributed by atoms with Crippen LogP contribution in [0.25, 0.3) is 0 Å². The Kier molecular flexibility index (Phi) is 14.2. The number of unbranched alkanes of at least 4 members (excludes halogenated alkanes) is 7. The van der Waals surface area contributed by atoms with Crippen molar-refractivity contribution in [2.45, 2.75) is 71.4 Å². The number of aromatic nitrogens is 2. The van der Waals surface area contributed by atoms with Crippen molar-refractivity contribution in [3.8, 4) is 0 Å². The van der Waals surface area contributed by atoms with Crippen molar-refractivity contribution in [1.82, 2.24) is 4.57 Å². The fourth-order valence-electron chi connectivity index (χ4n) is 2.24. The highest BCUT2D eigenvalue weighted by Gasteiger charge is 2.03. The molecule has 0 radical (unpaired) electrons. The lowest BCUT2D eigenvalue weighted by Gasteiger charge is -2.00. The van der Waals surface area contributed by atoms with Crippen LogP contribution in [0, 0.1) is 0 Å². The third-order valence-electron chi connectivity index (χ3n) is 3.33. The van der Waals surface area contributed by atoms with Gasteiger partial charge in [-0.25, -0.2) is 9.13 Å². The van der Waals surface area contributed by atoms with E-state index in [2.05, 4.69) is 6.92 Å². The van der Waals surface area contributed by atoms with E-state index in [4.69, 9.17) is 0 Å². The molecule has 0 saturated carbocycles. The number of aryl methyl sites for hydroxylation is 1. The normalized spacial score (nSPS) is 9.76. The van der Waals surface area contributed by atoms with Gasteiger partial charge in [-0.1, -0.05) is 45.4 Å². The standard InChI is InChI=1S/C15H26N2O2.2H2O/c1-2-3-4-5-6-7-8-9-10-16-11-12-17(14-16)13-15(18)19;;/h11-12,14H,2-10,13H2,1H3;2*1H2. The zero-order valence-electron chi connectivity index (χ0n) is 13.0. The van der Waals surface area contributed by atoms with Crippen LogP contribution in [-0.4, -0.2) is 21.5 Å². The van der Waals surface area contributed by atoms with Crippen LogP contribution in [0.4, 0.5) is 0 Å². The third-order valence-corrected chi connectivity index (χ3v) is 3.33. The maximum Gasteiger partial charge on any atom is 0.244 e. The number of imidazole rings is 1. The molecule has 0 unspecified atom stereocenters. The molecule has 1 rings (SSSR count). The van der Waals surface area contributed by atoms with Crippen LogP contribution in [0.3, 0.4) is 0 Å². The smallest absolute Gasteiger partial charge is 0.244 e. The molecular formula is C15H30N2O4. The minimum atomic E-state index is -1.05. The molecule has 0 fully saturated rings. The molecule has 1 heterocycles. The lowest BCUT2D eigenvalue weighted by atomic mass is 10.1. The minimum Gasteiger partial charge on any atom is -0.546 e. The molecule has 0 saturated heterocycles. The Labute approximate surface area is 127 Å². The highest BCUT2D eigenvalue weighted by Crippen LogP contribution is 2.08. The Morgan fingerprint density at radius 3 is 2.19 bits per heavy atom. The van der Waals surface area contributed by atoms with Gasteiger partial charge in [-0.15, -0.1) is 0 Å². The van der Waals surface area contributed by atoms with Crippen molar-refractivity contribution in [3.05, 3.63) is 18.7 Å². The number of carbonyl (C=O) groups excluding carboxylic acids is 1. The van der Waals surface area contributed by atoms with E-state index in [9.17, 15) is 9.90 Å². The molecule has 124 valence electrons. The average molecular weight is 302 g/mol. The second kappa shape index (κ2) is 13.6. The number of rotatable bonds is 11. The molecule has 6 heteroatoms. The Hall–Kier alpha value is -1.40. The first-order valence-electron chi connectivity index (χ1n) is 7.47. The lowest BCUT2D eigenvalue weighted by Crippen LogP contribution is -2.42. The van der Waals surface area contributed by atoms with Crippen LogP contribution in [0.5, 0.6) is 0 Å². The summed E-state index contributed by atoms with van der Waals surface area (Å²) in [5.41, 5.74) is 0. The van der Waals surface area contributed by atoms with Crippen LogP contribution in [0.2, 0.25) is 0 Å². The molecule has 0 aliphatic rings. The van der Waals surface area contributed by atoms with Gasteiger partial charge in [0.15, 0.2) is 0 Å². The van der Waals surface area contributed by atoms with Gasteiger partial charge in [0.05, 0.1) is 12.5 Å². The van der Waals surface area contributed by atoms with E-state index in [1.807, 2.05) is 17.1 Å². The monoisotopic (exact) mass is 302 g/mol. The summed E-state index contributed by atoms with van der Waals surface area (Å²) in [6.45, 7) is 3.14. The first-order valence-corrected chi connectivity index (χ1v) is 7.47. The Morgan fingerprint density at radius 1 is 1.05 bits per heavy atom. The van der Waals surface area contributed by atoms with Crippen molar-refractivity contribution in [3.63, 3.8) is 0 Å². The number of aliphatic carboxylic acids is 1. The summed E-state index contributed by atoms with van der Waals surface area (Å²) in [4.78, 5) is 10.4. The van der Waals surface area contributed by atoms with Gasteiger partial charge in [-0.3, -0.25) is 0 Å². The van der Waals surface area contributed by atoms with E-state index in [-0.39, 0.29) is 17.5 Å². The summed E-state index contributed by atoms with van der Waals surface area (Å²) in [5, 5.41) is 10.4. The van der Waals surface area contributed by atoms with E-state index in [0.717, 1.165) is 13.0 Å². The largest absolute Gasteiger partial charge is 0.546 e. The summed E-state index contributed by atoms with van der Waals surface area (Å²) in [7, 11) is 0. The van der Waals surface area contributed by atoms with Crippen LogP contribution >= 0.6 is 0 Å². The maximum atomic E-state index is 10.4. The predicted octanol–water partition coefficient (Wildman–Crippen LogP) is 0.0168. The second-order valence-electron chi connectivity index (χ2n) is 5.17. The number of nitrogens with zero attached hydrogens (tertiary/aromatic N) is 2. The Bertz CT molecular complexity index is 366. The van der Waals surface area contributed by atoms with E-state index >= 15 is 0 Å². The summed E-state index contributed by atoms with van der Waals surface area (Å²) >= 11 is 0. The summed E-state index contributed by atoms with van der Waals surface area (Å²) in [5.74, 6) is -1.05.